The Morgan fingerprint density at radius 2 is 1.67 bits per heavy atom. The zero-order chi connectivity index (χ0) is 17.3. The molecule has 0 amide bonds. The lowest BCUT2D eigenvalue weighted by Crippen LogP contribution is -2.14. The van der Waals surface area contributed by atoms with Crippen LogP contribution in [0.2, 0.25) is 0 Å². The summed E-state index contributed by atoms with van der Waals surface area (Å²) in [4.78, 5) is 0.277. The Morgan fingerprint density at radius 3 is 2.29 bits per heavy atom. The van der Waals surface area contributed by atoms with Gasteiger partial charge in [0.25, 0.3) is 10.0 Å². The highest BCUT2D eigenvalue weighted by Crippen LogP contribution is 2.23. The molecule has 0 unspecified atom stereocenters. The van der Waals surface area contributed by atoms with Gasteiger partial charge in [-0.15, -0.1) is 10.2 Å². The first-order chi connectivity index (χ1) is 11.3. The minimum atomic E-state index is -3.64. The molecule has 0 radical (unpaired) electrons. The van der Waals surface area contributed by atoms with E-state index in [-0.39, 0.29) is 4.90 Å². The molecule has 124 valence electrons. The first-order valence-corrected chi connectivity index (χ1v) is 8.84. The fourth-order valence-corrected chi connectivity index (χ4v) is 3.69. The predicted molar refractivity (Wildman–Crippen MR) is 91.2 cm³/mol. The normalized spacial score (nSPS) is 11.5. The lowest BCUT2D eigenvalue weighted by molar-refractivity contribution is 0.533. The SMILES string of the molecule is Cc1ccc(C)c(S(=O)(=O)Nc2ccc(-c3nnc(C)o3)cc2)c1. The predicted octanol–water partition coefficient (Wildman–Crippen LogP) is 3.46. The Labute approximate surface area is 140 Å². The first kappa shape index (κ1) is 16.2. The Kier molecular flexibility index (Phi) is 4.11. The highest BCUT2D eigenvalue weighted by Gasteiger charge is 2.17. The summed E-state index contributed by atoms with van der Waals surface area (Å²) >= 11 is 0. The molecule has 7 heteroatoms. The zero-order valence-corrected chi connectivity index (χ0v) is 14.4. The Balaban J connectivity index is 1.86. The molecule has 1 heterocycles. The zero-order valence-electron chi connectivity index (χ0n) is 13.6. The number of rotatable bonds is 4. The maximum Gasteiger partial charge on any atom is 0.262 e. The molecule has 0 aliphatic carbocycles. The molecule has 3 aromatic rings. The summed E-state index contributed by atoms with van der Waals surface area (Å²) in [5.41, 5.74) is 2.79. The average Bonchev–Trinajstić information content (AvgIpc) is 2.96. The molecule has 0 bridgehead atoms. The van der Waals surface area contributed by atoms with Gasteiger partial charge in [0.2, 0.25) is 11.8 Å². The highest BCUT2D eigenvalue weighted by molar-refractivity contribution is 7.92. The van der Waals surface area contributed by atoms with E-state index < -0.39 is 10.0 Å². The summed E-state index contributed by atoms with van der Waals surface area (Å²) in [7, 11) is -3.64. The smallest absolute Gasteiger partial charge is 0.262 e. The van der Waals surface area contributed by atoms with Crippen molar-refractivity contribution in [3.63, 3.8) is 0 Å². The van der Waals surface area contributed by atoms with Gasteiger partial charge in [-0.05, 0) is 55.3 Å². The van der Waals surface area contributed by atoms with E-state index in [2.05, 4.69) is 14.9 Å². The van der Waals surface area contributed by atoms with E-state index in [4.69, 9.17) is 4.42 Å². The van der Waals surface area contributed by atoms with E-state index in [0.717, 1.165) is 11.1 Å². The van der Waals surface area contributed by atoms with Gasteiger partial charge < -0.3 is 4.42 Å². The number of nitrogens with one attached hydrogen (secondary N) is 1. The van der Waals surface area contributed by atoms with Crippen LogP contribution in [0.1, 0.15) is 17.0 Å². The highest BCUT2D eigenvalue weighted by atomic mass is 32.2. The number of sulfonamides is 1. The van der Waals surface area contributed by atoms with Crippen molar-refractivity contribution in [2.24, 2.45) is 0 Å². The van der Waals surface area contributed by atoms with Gasteiger partial charge in [0.05, 0.1) is 4.90 Å². The van der Waals surface area contributed by atoms with Gasteiger partial charge in [0, 0.05) is 18.2 Å². The van der Waals surface area contributed by atoms with Crippen LogP contribution in [-0.4, -0.2) is 18.6 Å². The molecule has 3 rings (SSSR count). The van der Waals surface area contributed by atoms with Gasteiger partial charge in [-0.2, -0.15) is 0 Å². The lowest BCUT2D eigenvalue weighted by atomic mass is 10.2. The van der Waals surface area contributed by atoms with E-state index >= 15 is 0 Å². The van der Waals surface area contributed by atoms with E-state index in [9.17, 15) is 8.42 Å². The topological polar surface area (TPSA) is 85.1 Å². The van der Waals surface area contributed by atoms with Crippen molar-refractivity contribution in [1.82, 2.24) is 10.2 Å². The molecule has 0 fully saturated rings. The van der Waals surface area contributed by atoms with Gasteiger partial charge >= 0.3 is 0 Å². The standard InChI is InChI=1S/C17H17N3O3S/c1-11-4-5-12(2)16(10-11)24(21,22)20-15-8-6-14(7-9-15)17-19-18-13(3)23-17/h4-10,20H,1-3H3. The molecule has 1 aromatic heterocycles. The average molecular weight is 343 g/mol. The molecular formula is C17H17N3O3S. The van der Waals surface area contributed by atoms with Gasteiger partial charge in [0.1, 0.15) is 0 Å². The number of hydrogen-bond donors (Lipinski definition) is 1. The Hall–Kier alpha value is -2.67. The minimum Gasteiger partial charge on any atom is -0.421 e. The lowest BCUT2D eigenvalue weighted by Gasteiger charge is -2.11. The fraction of sp³-hybridized carbons (Fsp3) is 0.176. The number of anilines is 1. The largest absolute Gasteiger partial charge is 0.421 e. The summed E-state index contributed by atoms with van der Waals surface area (Å²) < 4.78 is 33.1. The molecule has 0 spiro atoms. The molecule has 1 N–H and O–H groups in total. The van der Waals surface area contributed by atoms with Gasteiger partial charge in [-0.25, -0.2) is 8.42 Å². The van der Waals surface area contributed by atoms with Crippen molar-refractivity contribution in [2.75, 3.05) is 4.72 Å². The van der Waals surface area contributed by atoms with Crippen LogP contribution < -0.4 is 4.72 Å². The summed E-state index contributed by atoms with van der Waals surface area (Å²) in [6.45, 7) is 5.35. The molecular weight excluding hydrogens is 326 g/mol. The summed E-state index contributed by atoms with van der Waals surface area (Å²) in [5, 5.41) is 7.71. The van der Waals surface area contributed by atoms with Crippen LogP contribution in [0.25, 0.3) is 11.5 Å². The van der Waals surface area contributed by atoms with E-state index in [1.807, 2.05) is 13.0 Å². The summed E-state index contributed by atoms with van der Waals surface area (Å²) in [5.74, 6) is 0.876. The maximum absolute atomic E-state index is 12.6. The molecule has 0 aliphatic rings. The van der Waals surface area contributed by atoms with E-state index in [1.165, 1.54) is 0 Å². The molecule has 2 aromatic carbocycles. The van der Waals surface area contributed by atoms with E-state index in [1.54, 1.807) is 50.2 Å². The summed E-state index contributed by atoms with van der Waals surface area (Å²) in [6, 6.07) is 12.1. The number of nitrogens with zero attached hydrogens (tertiary/aromatic N) is 2. The second-order valence-electron chi connectivity index (χ2n) is 5.58. The van der Waals surface area contributed by atoms with Gasteiger partial charge in [-0.1, -0.05) is 12.1 Å². The number of hydrogen-bond acceptors (Lipinski definition) is 5. The third-order valence-corrected chi connectivity index (χ3v) is 5.07. The number of benzene rings is 2. The second kappa shape index (κ2) is 6.09. The van der Waals surface area contributed by atoms with Crippen LogP contribution in [0.3, 0.4) is 0 Å². The minimum absolute atomic E-state index is 0.277. The number of aromatic nitrogens is 2. The Morgan fingerprint density at radius 1 is 0.958 bits per heavy atom. The van der Waals surface area contributed by atoms with Crippen LogP contribution in [0, 0.1) is 20.8 Å². The van der Waals surface area contributed by atoms with Crippen molar-refractivity contribution < 1.29 is 12.8 Å². The molecule has 24 heavy (non-hydrogen) atoms. The van der Waals surface area contributed by atoms with Gasteiger partial charge in [-0.3, -0.25) is 4.72 Å². The van der Waals surface area contributed by atoms with Crippen molar-refractivity contribution in [3.8, 4) is 11.5 Å². The molecule has 6 nitrogen and oxygen atoms in total. The van der Waals surface area contributed by atoms with Crippen molar-refractivity contribution in [2.45, 2.75) is 25.7 Å². The molecule has 0 saturated heterocycles. The third kappa shape index (κ3) is 3.30. The van der Waals surface area contributed by atoms with Crippen LogP contribution in [0.4, 0.5) is 5.69 Å². The molecule has 0 aliphatic heterocycles. The van der Waals surface area contributed by atoms with Crippen molar-refractivity contribution in [3.05, 3.63) is 59.5 Å². The Bertz CT molecular complexity index is 977. The number of aryl methyl sites for hydroxylation is 3. The molecule has 0 saturated carbocycles. The van der Waals surface area contributed by atoms with Crippen LogP contribution in [0.15, 0.2) is 51.8 Å². The quantitative estimate of drug-likeness (QED) is 0.784. The summed E-state index contributed by atoms with van der Waals surface area (Å²) in [6.07, 6.45) is 0. The van der Waals surface area contributed by atoms with Crippen molar-refractivity contribution in [1.29, 1.82) is 0 Å². The third-order valence-electron chi connectivity index (χ3n) is 3.54. The fourth-order valence-electron chi connectivity index (χ4n) is 2.30. The second-order valence-corrected chi connectivity index (χ2v) is 7.23. The maximum atomic E-state index is 12.6. The van der Waals surface area contributed by atoms with Gasteiger partial charge in [0.15, 0.2) is 0 Å². The molecule has 0 atom stereocenters. The van der Waals surface area contributed by atoms with Crippen LogP contribution in [0.5, 0.6) is 0 Å². The van der Waals surface area contributed by atoms with Crippen LogP contribution in [-0.2, 0) is 10.0 Å². The first-order valence-electron chi connectivity index (χ1n) is 7.36. The monoisotopic (exact) mass is 343 g/mol. The van der Waals surface area contributed by atoms with Crippen molar-refractivity contribution >= 4 is 15.7 Å². The van der Waals surface area contributed by atoms with Crippen LogP contribution >= 0.6 is 0 Å². The van der Waals surface area contributed by atoms with E-state index in [0.29, 0.717) is 23.0 Å².